The number of hydrogen-bond acceptors (Lipinski definition) is 3. The summed E-state index contributed by atoms with van der Waals surface area (Å²) in [6.45, 7) is 2.02. The van der Waals surface area contributed by atoms with Gasteiger partial charge in [0, 0.05) is 6.42 Å². The second kappa shape index (κ2) is 5.38. The molecule has 100 valence electrons. The van der Waals surface area contributed by atoms with Crippen molar-refractivity contribution >= 4 is 29.2 Å². The largest absolute Gasteiger partial charge is 0.250 e. The first kappa shape index (κ1) is 12.7. The third-order valence-corrected chi connectivity index (χ3v) is 3.39. The number of hydrogen-bond donors (Lipinski definition) is 1. The van der Waals surface area contributed by atoms with E-state index in [-0.39, 0.29) is 0 Å². The number of nitrogens with zero attached hydrogens (tertiary/aromatic N) is 3. The molecule has 3 aromatic rings. The average molecular weight is 282 g/mol. The van der Waals surface area contributed by atoms with Crippen LogP contribution in [0.5, 0.6) is 0 Å². The molecule has 0 fully saturated rings. The maximum absolute atomic E-state index is 5.16. The summed E-state index contributed by atoms with van der Waals surface area (Å²) in [5, 5.41) is 13.7. The molecule has 4 nitrogen and oxygen atoms in total. The average Bonchev–Trinajstić information content (AvgIpc) is 2.85. The molecule has 0 aliphatic rings. The molecule has 0 spiro atoms. The van der Waals surface area contributed by atoms with E-state index in [2.05, 4.69) is 39.6 Å². The van der Waals surface area contributed by atoms with E-state index >= 15 is 0 Å². The summed E-state index contributed by atoms with van der Waals surface area (Å²) < 4.78 is 2.17. The van der Waals surface area contributed by atoms with Crippen LogP contribution in [-0.4, -0.2) is 21.1 Å². The SMILES string of the molecule is CCc1n[nH]c(=S)n1/N=C/c1ccc2ccccc2c1. The van der Waals surface area contributed by atoms with Gasteiger partial charge >= 0.3 is 0 Å². The van der Waals surface area contributed by atoms with Crippen LogP contribution < -0.4 is 0 Å². The standard InChI is InChI=1S/C15H14N4S/c1-2-14-17-18-15(20)19(14)16-10-11-7-8-12-5-3-4-6-13(12)9-11/h3-10H,2H2,1H3,(H,18,20)/b16-10+. The predicted molar refractivity (Wildman–Crippen MR) is 83.7 cm³/mol. The highest BCUT2D eigenvalue weighted by atomic mass is 32.1. The molecule has 1 heterocycles. The molecule has 0 amide bonds. The summed E-state index contributed by atoms with van der Waals surface area (Å²) in [6.07, 6.45) is 2.58. The van der Waals surface area contributed by atoms with E-state index in [1.165, 1.54) is 10.8 Å². The Kier molecular flexibility index (Phi) is 3.43. The highest BCUT2D eigenvalue weighted by Gasteiger charge is 2.01. The third kappa shape index (κ3) is 2.40. The first-order valence-electron chi connectivity index (χ1n) is 6.47. The van der Waals surface area contributed by atoms with E-state index in [9.17, 15) is 0 Å². The highest BCUT2D eigenvalue weighted by molar-refractivity contribution is 7.71. The smallest absolute Gasteiger partial charge is 0.216 e. The zero-order valence-electron chi connectivity index (χ0n) is 11.1. The Labute approximate surface area is 121 Å². The fourth-order valence-corrected chi connectivity index (χ4v) is 2.28. The second-order valence-corrected chi connectivity index (χ2v) is 4.85. The van der Waals surface area contributed by atoms with Crippen molar-refractivity contribution < 1.29 is 0 Å². The van der Waals surface area contributed by atoms with Gasteiger partial charge in [0.2, 0.25) is 4.77 Å². The van der Waals surface area contributed by atoms with Gasteiger partial charge in [-0.25, -0.2) is 0 Å². The fourth-order valence-electron chi connectivity index (χ4n) is 2.08. The lowest BCUT2D eigenvalue weighted by Crippen LogP contribution is -1.97. The molecular formula is C15H14N4S. The maximum Gasteiger partial charge on any atom is 0.216 e. The van der Waals surface area contributed by atoms with Crippen molar-refractivity contribution in [1.82, 2.24) is 14.9 Å². The van der Waals surface area contributed by atoms with Crippen LogP contribution in [0.2, 0.25) is 0 Å². The van der Waals surface area contributed by atoms with Crippen LogP contribution in [-0.2, 0) is 6.42 Å². The Morgan fingerprint density at radius 3 is 2.85 bits per heavy atom. The van der Waals surface area contributed by atoms with Gasteiger partial charge in [0.15, 0.2) is 5.82 Å². The normalized spacial score (nSPS) is 11.4. The summed E-state index contributed by atoms with van der Waals surface area (Å²) in [5.74, 6) is 0.826. The Morgan fingerprint density at radius 2 is 2.05 bits per heavy atom. The first-order valence-corrected chi connectivity index (χ1v) is 6.88. The summed E-state index contributed by atoms with van der Waals surface area (Å²) in [7, 11) is 0. The van der Waals surface area contributed by atoms with E-state index in [1.807, 2.05) is 25.1 Å². The number of H-pyrrole nitrogens is 1. The molecule has 0 atom stereocenters. The minimum atomic E-state index is 0.513. The zero-order chi connectivity index (χ0) is 13.9. The minimum absolute atomic E-state index is 0.513. The Hall–Kier alpha value is -2.27. The molecule has 1 N–H and O–H groups in total. The molecule has 0 bridgehead atoms. The Morgan fingerprint density at radius 1 is 1.25 bits per heavy atom. The lowest BCUT2D eigenvalue weighted by Gasteiger charge is -2.00. The van der Waals surface area contributed by atoms with Crippen LogP contribution in [0.1, 0.15) is 18.3 Å². The van der Waals surface area contributed by atoms with Crippen LogP contribution in [0.3, 0.4) is 0 Å². The van der Waals surface area contributed by atoms with Gasteiger partial charge in [-0.05, 0) is 34.6 Å². The van der Waals surface area contributed by atoms with Crippen molar-refractivity contribution in [2.45, 2.75) is 13.3 Å². The van der Waals surface area contributed by atoms with E-state index in [0.717, 1.165) is 17.8 Å². The predicted octanol–water partition coefficient (Wildman–Crippen LogP) is 3.54. The number of aromatic nitrogens is 3. The van der Waals surface area contributed by atoms with Crippen molar-refractivity contribution in [2.75, 3.05) is 0 Å². The third-order valence-electron chi connectivity index (χ3n) is 3.13. The molecular weight excluding hydrogens is 268 g/mol. The number of aryl methyl sites for hydroxylation is 1. The van der Waals surface area contributed by atoms with Crippen molar-refractivity contribution in [3.05, 3.63) is 58.6 Å². The molecule has 0 unspecified atom stereocenters. The van der Waals surface area contributed by atoms with E-state index in [1.54, 1.807) is 10.9 Å². The number of rotatable bonds is 3. The van der Waals surface area contributed by atoms with Crippen LogP contribution in [0.4, 0.5) is 0 Å². The highest BCUT2D eigenvalue weighted by Crippen LogP contribution is 2.14. The molecule has 0 saturated carbocycles. The van der Waals surface area contributed by atoms with Crippen molar-refractivity contribution in [3.8, 4) is 0 Å². The van der Waals surface area contributed by atoms with Gasteiger partial charge in [-0.1, -0.05) is 43.3 Å². The zero-order valence-corrected chi connectivity index (χ0v) is 11.9. The summed E-state index contributed by atoms with van der Waals surface area (Å²) in [4.78, 5) is 0. The molecule has 2 aromatic carbocycles. The lowest BCUT2D eigenvalue weighted by molar-refractivity contribution is 0.780. The van der Waals surface area contributed by atoms with Gasteiger partial charge in [-0.3, -0.25) is 5.10 Å². The monoisotopic (exact) mass is 282 g/mol. The summed E-state index contributed by atoms with van der Waals surface area (Å²) in [5.41, 5.74) is 1.04. The van der Waals surface area contributed by atoms with Crippen molar-refractivity contribution in [1.29, 1.82) is 0 Å². The first-order chi connectivity index (χ1) is 9.78. The van der Waals surface area contributed by atoms with Gasteiger partial charge in [0.25, 0.3) is 0 Å². The van der Waals surface area contributed by atoms with E-state index < -0.39 is 0 Å². The Bertz CT molecular complexity index is 829. The number of nitrogens with one attached hydrogen (secondary N) is 1. The number of benzene rings is 2. The van der Waals surface area contributed by atoms with Gasteiger partial charge in [0.1, 0.15) is 0 Å². The molecule has 0 saturated heterocycles. The van der Waals surface area contributed by atoms with Crippen molar-refractivity contribution in [2.24, 2.45) is 5.10 Å². The molecule has 5 heteroatoms. The second-order valence-electron chi connectivity index (χ2n) is 4.46. The summed E-state index contributed by atoms with van der Waals surface area (Å²) in [6, 6.07) is 14.5. The minimum Gasteiger partial charge on any atom is -0.250 e. The van der Waals surface area contributed by atoms with Crippen LogP contribution in [0.25, 0.3) is 10.8 Å². The topological polar surface area (TPSA) is 46.0 Å². The molecule has 0 aliphatic carbocycles. The van der Waals surface area contributed by atoms with Gasteiger partial charge in [-0.2, -0.15) is 14.9 Å². The van der Waals surface area contributed by atoms with Gasteiger partial charge < -0.3 is 0 Å². The van der Waals surface area contributed by atoms with E-state index in [4.69, 9.17) is 12.2 Å². The van der Waals surface area contributed by atoms with Gasteiger partial charge in [0.05, 0.1) is 6.21 Å². The quantitative estimate of drug-likeness (QED) is 0.590. The molecule has 3 rings (SSSR count). The molecule has 0 radical (unpaired) electrons. The molecule has 20 heavy (non-hydrogen) atoms. The maximum atomic E-state index is 5.16. The van der Waals surface area contributed by atoms with Crippen LogP contribution in [0, 0.1) is 4.77 Å². The Balaban J connectivity index is 1.98. The van der Waals surface area contributed by atoms with Crippen LogP contribution >= 0.6 is 12.2 Å². The lowest BCUT2D eigenvalue weighted by atomic mass is 10.1. The molecule has 1 aromatic heterocycles. The van der Waals surface area contributed by atoms with E-state index in [0.29, 0.717) is 4.77 Å². The summed E-state index contributed by atoms with van der Waals surface area (Å²) >= 11 is 5.16. The van der Waals surface area contributed by atoms with Crippen molar-refractivity contribution in [3.63, 3.8) is 0 Å². The molecule has 0 aliphatic heterocycles. The van der Waals surface area contributed by atoms with Gasteiger partial charge in [-0.15, -0.1) is 0 Å². The fraction of sp³-hybridized carbons (Fsp3) is 0.133. The number of fused-ring (bicyclic) bond motifs is 1. The van der Waals surface area contributed by atoms with Crippen LogP contribution in [0.15, 0.2) is 47.6 Å². The number of aromatic amines is 1.